The van der Waals surface area contributed by atoms with Crippen LogP contribution >= 0.6 is 0 Å². The van der Waals surface area contributed by atoms with Crippen LogP contribution in [0.15, 0.2) is 29.4 Å². The van der Waals surface area contributed by atoms with E-state index in [1.54, 1.807) is 31.2 Å². The van der Waals surface area contributed by atoms with Gasteiger partial charge < -0.3 is 9.64 Å². The van der Waals surface area contributed by atoms with Crippen molar-refractivity contribution in [3.63, 3.8) is 0 Å². The Bertz CT molecular complexity index is 701. The Morgan fingerprint density at radius 3 is 2.60 bits per heavy atom. The molecule has 0 aliphatic heterocycles. The summed E-state index contributed by atoms with van der Waals surface area (Å²) in [5.74, 6) is -1.05. The zero-order valence-corrected chi connectivity index (χ0v) is 15.5. The number of nitrogens with zero attached hydrogens (tertiary/aromatic N) is 2. The Labute approximate surface area is 148 Å². The molecule has 0 unspecified atom stereocenters. The smallest absolute Gasteiger partial charge is 0.354 e. The van der Waals surface area contributed by atoms with Gasteiger partial charge in [0.05, 0.1) is 12.3 Å². The van der Waals surface area contributed by atoms with Gasteiger partial charge in [0, 0.05) is 6.42 Å². The molecule has 0 aliphatic carbocycles. The fraction of sp³-hybridized carbons (Fsp3) is 0.500. The van der Waals surface area contributed by atoms with Gasteiger partial charge in [0.15, 0.2) is 0 Å². The average molecular weight is 371 g/mol. The highest BCUT2D eigenvalue weighted by Crippen LogP contribution is 2.17. The summed E-state index contributed by atoms with van der Waals surface area (Å²) < 4.78 is 36.2. The van der Waals surface area contributed by atoms with Crippen LogP contribution in [0.5, 0.6) is 0 Å². The quantitative estimate of drug-likeness (QED) is 0.279. The van der Waals surface area contributed by atoms with Gasteiger partial charge in [0.2, 0.25) is 0 Å². The van der Waals surface area contributed by atoms with Crippen LogP contribution in [0.4, 0.5) is 5.69 Å². The lowest BCUT2D eigenvalue weighted by molar-refractivity contribution is -0.135. The van der Waals surface area contributed by atoms with E-state index in [-0.39, 0.29) is 12.3 Å². The van der Waals surface area contributed by atoms with Crippen molar-refractivity contribution in [3.05, 3.63) is 29.8 Å². The summed E-state index contributed by atoms with van der Waals surface area (Å²) in [4.78, 5) is 14.0. The van der Waals surface area contributed by atoms with Gasteiger partial charge >= 0.3 is 5.97 Å². The molecule has 2 N–H and O–H groups in total. The van der Waals surface area contributed by atoms with Crippen LogP contribution in [0, 0.1) is 0 Å². The summed E-state index contributed by atoms with van der Waals surface area (Å²) in [5, 5.41) is 4.10. The Hall–Kier alpha value is -1.97. The summed E-state index contributed by atoms with van der Waals surface area (Å²) in [6.45, 7) is 2.74. The number of benzene rings is 1. The molecule has 1 aromatic carbocycles. The van der Waals surface area contributed by atoms with Crippen molar-refractivity contribution >= 4 is 27.5 Å². The maximum Gasteiger partial charge on any atom is 0.354 e. The first-order valence-corrected chi connectivity index (χ1v) is 9.51. The van der Waals surface area contributed by atoms with E-state index in [1.165, 1.54) is 0 Å². The van der Waals surface area contributed by atoms with Gasteiger partial charge in [0.1, 0.15) is 11.5 Å². The number of anilines is 1. The fourth-order valence-corrected chi connectivity index (χ4v) is 2.70. The monoisotopic (exact) mass is 371 g/mol. The molecule has 0 saturated carbocycles. The molecule has 0 atom stereocenters. The van der Waals surface area contributed by atoms with Gasteiger partial charge in [0.25, 0.3) is 10.1 Å². The maximum absolute atomic E-state index is 12.0. The molecule has 0 amide bonds. The van der Waals surface area contributed by atoms with Crippen molar-refractivity contribution in [1.82, 2.24) is 4.90 Å². The number of hydrogen-bond acceptors (Lipinski definition) is 7. The molecule has 25 heavy (non-hydrogen) atoms. The van der Waals surface area contributed by atoms with Crippen molar-refractivity contribution in [2.45, 2.75) is 25.5 Å². The number of esters is 1. The van der Waals surface area contributed by atoms with E-state index in [9.17, 15) is 13.2 Å². The van der Waals surface area contributed by atoms with Crippen LogP contribution in [-0.4, -0.2) is 56.8 Å². The highest BCUT2D eigenvalue weighted by Gasteiger charge is 2.14. The molecule has 1 rings (SSSR count). The van der Waals surface area contributed by atoms with E-state index in [2.05, 4.69) is 10.5 Å². The van der Waals surface area contributed by atoms with Gasteiger partial charge in [-0.3, -0.25) is 9.98 Å². The topological polar surface area (TPSA) is 108 Å². The Morgan fingerprint density at radius 1 is 1.32 bits per heavy atom. The van der Waals surface area contributed by atoms with Crippen LogP contribution in [0.2, 0.25) is 0 Å². The third-order valence-electron chi connectivity index (χ3n) is 3.20. The lowest BCUT2D eigenvalue weighted by atomic mass is 10.2. The third-order valence-corrected chi connectivity index (χ3v) is 3.87. The highest BCUT2D eigenvalue weighted by atomic mass is 32.2. The Balaban J connectivity index is 2.93. The molecule has 0 saturated heterocycles. The van der Waals surface area contributed by atoms with Crippen molar-refractivity contribution in [2.24, 2.45) is 5.10 Å². The van der Waals surface area contributed by atoms with E-state index in [1.807, 2.05) is 19.0 Å². The molecule has 1 aromatic rings. The highest BCUT2D eigenvalue weighted by molar-refractivity contribution is 7.85. The summed E-state index contributed by atoms with van der Waals surface area (Å²) in [6.07, 6.45) is 1.14. The number of carbonyl (C=O) groups is 1. The third kappa shape index (κ3) is 8.62. The number of ether oxygens (including phenoxy) is 1. The minimum Gasteiger partial charge on any atom is -0.461 e. The van der Waals surface area contributed by atoms with E-state index in [0.29, 0.717) is 17.7 Å². The average Bonchev–Trinajstić information content (AvgIpc) is 2.50. The predicted molar refractivity (Wildman–Crippen MR) is 97.2 cm³/mol. The number of rotatable bonds is 10. The van der Waals surface area contributed by atoms with Crippen molar-refractivity contribution in [3.8, 4) is 0 Å². The Kier molecular flexibility index (Phi) is 8.53. The second-order valence-electron chi connectivity index (χ2n) is 5.68. The summed E-state index contributed by atoms with van der Waals surface area (Å²) in [5.41, 5.74) is 3.69. The van der Waals surface area contributed by atoms with E-state index in [4.69, 9.17) is 9.29 Å². The number of nitrogens with one attached hydrogen (secondary N) is 1. The standard InChI is InChI=1S/C16H25N3O5S/c1-4-24-16(20)15(10-7-11-19(2)3)18-17-14-9-6-5-8-13(14)12-25(21,22)23/h5-6,8-9,17H,4,7,10-12H2,1-3H3,(H,21,22,23)/b18-15+. The fourth-order valence-electron chi connectivity index (χ4n) is 2.06. The second-order valence-corrected chi connectivity index (χ2v) is 7.13. The molecular weight excluding hydrogens is 346 g/mol. The molecule has 8 nitrogen and oxygen atoms in total. The first-order chi connectivity index (χ1) is 11.7. The maximum atomic E-state index is 12.0. The normalized spacial score (nSPS) is 12.3. The number of carbonyl (C=O) groups excluding carboxylic acids is 1. The molecule has 9 heteroatoms. The lowest BCUT2D eigenvalue weighted by Crippen LogP contribution is -2.21. The molecule has 0 spiro atoms. The van der Waals surface area contributed by atoms with Crippen molar-refractivity contribution in [2.75, 3.05) is 32.7 Å². The summed E-state index contributed by atoms with van der Waals surface area (Å²) in [7, 11) is -0.301. The van der Waals surface area contributed by atoms with Crippen molar-refractivity contribution < 1.29 is 22.5 Å². The van der Waals surface area contributed by atoms with Crippen LogP contribution in [0.25, 0.3) is 0 Å². The number of para-hydroxylation sites is 1. The van der Waals surface area contributed by atoms with Gasteiger partial charge in [-0.25, -0.2) is 4.79 Å². The minimum atomic E-state index is -4.17. The zero-order valence-electron chi connectivity index (χ0n) is 14.7. The molecule has 0 fully saturated rings. The predicted octanol–water partition coefficient (Wildman–Crippen LogP) is 1.75. The molecule has 0 aliphatic rings. The lowest BCUT2D eigenvalue weighted by Gasteiger charge is -2.11. The van der Waals surface area contributed by atoms with E-state index >= 15 is 0 Å². The minimum absolute atomic E-state index is 0.227. The Morgan fingerprint density at radius 2 is 2.00 bits per heavy atom. The van der Waals surface area contributed by atoms with Gasteiger partial charge in [-0.1, -0.05) is 18.2 Å². The largest absolute Gasteiger partial charge is 0.461 e. The SMILES string of the molecule is CCOC(=O)/C(CCCN(C)C)=N/Nc1ccccc1CS(=O)(=O)O. The first kappa shape index (κ1) is 21.1. The van der Waals surface area contributed by atoms with E-state index in [0.717, 1.165) is 13.0 Å². The summed E-state index contributed by atoms with van der Waals surface area (Å²) >= 11 is 0. The van der Waals surface area contributed by atoms with Crippen LogP contribution in [0.3, 0.4) is 0 Å². The van der Waals surface area contributed by atoms with Crippen LogP contribution < -0.4 is 5.43 Å². The molecule has 0 radical (unpaired) electrons. The van der Waals surface area contributed by atoms with Gasteiger partial charge in [-0.05, 0) is 45.6 Å². The summed E-state index contributed by atoms with van der Waals surface area (Å²) in [6, 6.07) is 6.52. The second kappa shape index (κ2) is 10.1. The molecule has 140 valence electrons. The van der Waals surface area contributed by atoms with Gasteiger partial charge in [-0.15, -0.1) is 0 Å². The van der Waals surface area contributed by atoms with E-state index < -0.39 is 21.8 Å². The van der Waals surface area contributed by atoms with Gasteiger partial charge in [-0.2, -0.15) is 13.5 Å². The molecule has 0 aromatic heterocycles. The number of hydrogen-bond donors (Lipinski definition) is 2. The zero-order chi connectivity index (χ0) is 18.9. The molecular formula is C16H25N3O5S. The molecule has 0 bridgehead atoms. The number of hydrazone groups is 1. The molecule has 0 heterocycles. The first-order valence-electron chi connectivity index (χ1n) is 7.90. The van der Waals surface area contributed by atoms with Crippen LogP contribution in [-0.2, 0) is 25.4 Å². The van der Waals surface area contributed by atoms with Crippen LogP contribution in [0.1, 0.15) is 25.3 Å². The van der Waals surface area contributed by atoms with Crippen molar-refractivity contribution in [1.29, 1.82) is 0 Å².